The molecule has 4 aliphatic rings. The lowest BCUT2D eigenvalue weighted by Crippen LogP contribution is -2.53. The number of benzene rings is 2. The molecule has 2 aromatic carbocycles. The second-order valence-corrected chi connectivity index (χ2v) is 8.92. The molecule has 33 heavy (non-hydrogen) atoms. The Morgan fingerprint density at radius 3 is 2.12 bits per heavy atom. The quantitative estimate of drug-likeness (QED) is 0.526. The number of nitrogens with one attached hydrogen (secondary N) is 2. The highest BCUT2D eigenvalue weighted by atomic mass is 16.5. The van der Waals surface area contributed by atoms with E-state index in [4.69, 9.17) is 4.74 Å². The number of carbonyl (C=O) groups is 3. The van der Waals surface area contributed by atoms with Crippen molar-refractivity contribution in [3.8, 4) is 5.75 Å². The van der Waals surface area contributed by atoms with Crippen molar-refractivity contribution in [2.75, 3.05) is 12.4 Å². The maximum atomic E-state index is 13.5. The lowest BCUT2D eigenvalue weighted by molar-refractivity contribution is -0.143. The van der Waals surface area contributed by atoms with E-state index in [9.17, 15) is 14.4 Å². The third-order valence-electron chi connectivity index (χ3n) is 7.02. The van der Waals surface area contributed by atoms with Crippen molar-refractivity contribution in [2.24, 2.45) is 23.7 Å². The number of carbonyl (C=O) groups excluding carboxylic acids is 3. The Morgan fingerprint density at radius 1 is 0.970 bits per heavy atom. The normalized spacial score (nSPS) is 26.2. The van der Waals surface area contributed by atoms with Crippen LogP contribution in [0.4, 0.5) is 10.5 Å². The molecular formula is C26H27N3O4. The summed E-state index contributed by atoms with van der Waals surface area (Å²) in [6.07, 6.45) is 5.64. The van der Waals surface area contributed by atoms with Gasteiger partial charge in [0.1, 0.15) is 11.9 Å². The second kappa shape index (κ2) is 8.73. The minimum Gasteiger partial charge on any atom is -0.497 e. The highest BCUT2D eigenvalue weighted by molar-refractivity contribution is 6.06. The molecule has 0 aromatic heterocycles. The van der Waals surface area contributed by atoms with Gasteiger partial charge in [-0.1, -0.05) is 42.5 Å². The van der Waals surface area contributed by atoms with Gasteiger partial charge in [0.2, 0.25) is 11.8 Å². The SMILES string of the molecule is COc1ccc(NC(=O)N[C@H](Cc2ccccc2)N2C(=O)[C@@H]3[C@@H](C2=O)[C@H]2C=C[C@H]3CC2)cc1. The molecule has 0 unspecified atom stereocenters. The minimum atomic E-state index is -0.768. The van der Waals surface area contributed by atoms with Gasteiger partial charge < -0.3 is 15.4 Å². The van der Waals surface area contributed by atoms with E-state index in [0.29, 0.717) is 17.9 Å². The van der Waals surface area contributed by atoms with Crippen LogP contribution in [0.5, 0.6) is 5.75 Å². The van der Waals surface area contributed by atoms with Crippen LogP contribution in [0.3, 0.4) is 0 Å². The summed E-state index contributed by atoms with van der Waals surface area (Å²) in [5.74, 6) is -0.0812. The van der Waals surface area contributed by atoms with Gasteiger partial charge in [0.15, 0.2) is 0 Å². The zero-order valence-electron chi connectivity index (χ0n) is 18.4. The van der Waals surface area contributed by atoms with Crippen LogP contribution in [-0.2, 0) is 16.0 Å². The van der Waals surface area contributed by atoms with E-state index in [0.717, 1.165) is 18.4 Å². The summed E-state index contributed by atoms with van der Waals surface area (Å²) in [4.78, 5) is 41.1. The lowest BCUT2D eigenvalue weighted by atomic mass is 9.63. The molecule has 2 fully saturated rings. The van der Waals surface area contributed by atoms with Crippen molar-refractivity contribution >= 4 is 23.5 Å². The molecule has 3 aliphatic carbocycles. The molecule has 0 spiro atoms. The fraction of sp³-hybridized carbons (Fsp3) is 0.346. The number of fused-ring (bicyclic) bond motifs is 1. The van der Waals surface area contributed by atoms with E-state index in [1.807, 2.05) is 30.3 Å². The third kappa shape index (κ3) is 3.99. The zero-order chi connectivity index (χ0) is 22.9. The van der Waals surface area contributed by atoms with E-state index in [1.165, 1.54) is 4.90 Å². The number of imide groups is 1. The van der Waals surface area contributed by atoms with Gasteiger partial charge in [0.25, 0.3) is 0 Å². The summed E-state index contributed by atoms with van der Waals surface area (Å²) in [6.45, 7) is 0. The second-order valence-electron chi connectivity index (χ2n) is 8.92. The van der Waals surface area contributed by atoms with E-state index in [-0.39, 0.29) is 35.5 Å². The highest BCUT2D eigenvalue weighted by Gasteiger charge is 2.58. The van der Waals surface area contributed by atoms with Gasteiger partial charge in [0, 0.05) is 12.1 Å². The Kier molecular flexibility index (Phi) is 5.62. The molecule has 2 N–H and O–H groups in total. The average molecular weight is 446 g/mol. The Labute approximate surface area is 192 Å². The average Bonchev–Trinajstić information content (AvgIpc) is 3.13. The molecule has 7 heteroatoms. The van der Waals surface area contributed by atoms with Gasteiger partial charge in [-0.05, 0) is 54.5 Å². The number of likely N-dealkylation sites (tertiary alicyclic amines) is 1. The summed E-state index contributed by atoms with van der Waals surface area (Å²) >= 11 is 0. The first-order valence-corrected chi connectivity index (χ1v) is 11.4. The smallest absolute Gasteiger partial charge is 0.320 e. The molecule has 1 saturated carbocycles. The summed E-state index contributed by atoms with van der Waals surface area (Å²) in [5.41, 5.74) is 1.52. The summed E-state index contributed by atoms with van der Waals surface area (Å²) in [5, 5.41) is 5.68. The largest absolute Gasteiger partial charge is 0.497 e. The predicted molar refractivity (Wildman–Crippen MR) is 123 cm³/mol. The molecule has 170 valence electrons. The van der Waals surface area contributed by atoms with Crippen molar-refractivity contribution in [1.29, 1.82) is 0 Å². The van der Waals surface area contributed by atoms with Crippen LogP contribution < -0.4 is 15.4 Å². The van der Waals surface area contributed by atoms with Gasteiger partial charge >= 0.3 is 6.03 Å². The van der Waals surface area contributed by atoms with Crippen molar-refractivity contribution in [1.82, 2.24) is 10.2 Å². The molecule has 4 amide bonds. The Morgan fingerprint density at radius 2 is 1.58 bits per heavy atom. The number of hydrogen-bond acceptors (Lipinski definition) is 4. The van der Waals surface area contributed by atoms with E-state index < -0.39 is 12.2 Å². The molecule has 0 radical (unpaired) electrons. The van der Waals surface area contributed by atoms with Gasteiger partial charge in [-0.2, -0.15) is 0 Å². The summed E-state index contributed by atoms with van der Waals surface area (Å²) in [6, 6.07) is 16.1. The molecule has 1 heterocycles. The van der Waals surface area contributed by atoms with Crippen LogP contribution in [0.1, 0.15) is 18.4 Å². The van der Waals surface area contributed by atoms with Crippen LogP contribution in [-0.4, -0.2) is 36.0 Å². The number of hydrogen-bond donors (Lipinski definition) is 2. The van der Waals surface area contributed by atoms with Gasteiger partial charge in [-0.15, -0.1) is 0 Å². The van der Waals surface area contributed by atoms with Crippen LogP contribution in [0.2, 0.25) is 0 Å². The first-order valence-electron chi connectivity index (χ1n) is 11.4. The Hall–Kier alpha value is -3.61. The van der Waals surface area contributed by atoms with Crippen molar-refractivity contribution < 1.29 is 19.1 Å². The molecular weight excluding hydrogens is 418 g/mol. The van der Waals surface area contributed by atoms with Crippen molar-refractivity contribution in [3.05, 3.63) is 72.3 Å². The zero-order valence-corrected chi connectivity index (χ0v) is 18.4. The van der Waals surface area contributed by atoms with E-state index in [2.05, 4.69) is 22.8 Å². The molecule has 5 atom stereocenters. The number of ether oxygens (including phenoxy) is 1. The van der Waals surface area contributed by atoms with Gasteiger partial charge in [-0.3, -0.25) is 14.5 Å². The van der Waals surface area contributed by atoms with Crippen LogP contribution >= 0.6 is 0 Å². The maximum absolute atomic E-state index is 13.5. The molecule has 1 aliphatic heterocycles. The molecule has 1 saturated heterocycles. The van der Waals surface area contributed by atoms with E-state index in [1.54, 1.807) is 31.4 Å². The van der Waals surface area contributed by atoms with Crippen LogP contribution in [0, 0.1) is 23.7 Å². The number of allylic oxidation sites excluding steroid dienone is 2. The maximum Gasteiger partial charge on any atom is 0.320 e. The fourth-order valence-corrected chi connectivity index (χ4v) is 5.44. The number of nitrogens with zero attached hydrogens (tertiary/aromatic N) is 1. The summed E-state index contributed by atoms with van der Waals surface area (Å²) in [7, 11) is 1.58. The van der Waals surface area contributed by atoms with Gasteiger partial charge in [0.05, 0.1) is 18.9 Å². The lowest BCUT2D eigenvalue weighted by Gasteiger charge is -2.38. The Balaban J connectivity index is 1.38. The predicted octanol–water partition coefficient (Wildman–Crippen LogP) is 3.58. The molecule has 2 aromatic rings. The van der Waals surface area contributed by atoms with E-state index >= 15 is 0 Å². The number of anilines is 1. The molecule has 7 nitrogen and oxygen atoms in total. The number of methoxy groups -OCH3 is 1. The number of amides is 4. The molecule has 6 rings (SSSR count). The monoisotopic (exact) mass is 445 g/mol. The first-order chi connectivity index (χ1) is 16.0. The topological polar surface area (TPSA) is 87.7 Å². The van der Waals surface area contributed by atoms with Gasteiger partial charge in [-0.25, -0.2) is 4.79 Å². The summed E-state index contributed by atoms with van der Waals surface area (Å²) < 4.78 is 5.15. The van der Waals surface area contributed by atoms with Crippen LogP contribution in [0.25, 0.3) is 0 Å². The number of rotatable bonds is 6. The molecule has 2 bridgehead atoms. The standard InChI is InChI=1S/C26H27N3O4/c1-33-20-13-11-19(12-14-20)27-26(32)28-21(15-16-5-3-2-4-6-16)29-24(30)22-17-7-8-18(10-9-17)23(22)25(29)31/h2-8,11-14,17-18,21-23H,9-10,15H2,1H3,(H2,27,28,32)/t17-,18-,21-,22-,23-/m0/s1. The Bertz CT molecular complexity index is 1050. The van der Waals surface area contributed by atoms with Crippen molar-refractivity contribution in [3.63, 3.8) is 0 Å². The van der Waals surface area contributed by atoms with Crippen LogP contribution in [0.15, 0.2) is 66.7 Å². The van der Waals surface area contributed by atoms with Crippen molar-refractivity contribution in [2.45, 2.75) is 25.4 Å². The first kappa shape index (κ1) is 21.2. The number of urea groups is 1. The third-order valence-corrected chi connectivity index (χ3v) is 7.02. The minimum absolute atomic E-state index is 0.104. The highest BCUT2D eigenvalue weighted by Crippen LogP contribution is 2.50. The fourth-order valence-electron chi connectivity index (χ4n) is 5.44.